The first kappa shape index (κ1) is 27.4. The van der Waals surface area contributed by atoms with E-state index in [1.807, 2.05) is 6.29 Å². The van der Waals surface area contributed by atoms with Crippen molar-refractivity contribution in [2.45, 2.75) is 71.1 Å². The van der Waals surface area contributed by atoms with E-state index in [2.05, 4.69) is 12.2 Å². The van der Waals surface area contributed by atoms with Gasteiger partial charge in [0.1, 0.15) is 0 Å². The van der Waals surface area contributed by atoms with Gasteiger partial charge in [-0.3, -0.25) is 10.8 Å². The Hall–Kier alpha value is 0.540. The summed E-state index contributed by atoms with van der Waals surface area (Å²) in [5.74, 6) is -0.219. The van der Waals surface area contributed by atoms with Gasteiger partial charge >= 0.3 is 29.6 Å². The summed E-state index contributed by atoms with van der Waals surface area (Å²) in [5, 5.41) is 2.59. The molecule has 0 saturated carbocycles. The van der Waals surface area contributed by atoms with Crippen LogP contribution >= 0.6 is 0 Å². The van der Waals surface area contributed by atoms with E-state index < -0.39 is 10.1 Å². The first-order chi connectivity index (χ1) is 9.97. The van der Waals surface area contributed by atoms with Crippen LogP contribution in [0.15, 0.2) is 0 Å². The molecule has 0 spiro atoms. The molecular weight excluding hydrogens is 313 g/mol. The molecule has 0 aliphatic carbocycles. The third-order valence-corrected chi connectivity index (χ3v) is 3.71. The van der Waals surface area contributed by atoms with Gasteiger partial charge in [-0.15, -0.1) is 0 Å². The van der Waals surface area contributed by atoms with Crippen LogP contribution in [0.4, 0.5) is 0 Å². The van der Waals surface area contributed by atoms with Crippen LogP contribution in [0.1, 0.15) is 71.1 Å². The normalized spacial score (nSPS) is 10.3. The molecule has 128 valence electrons. The number of carbonyl (C=O) groups excluding carboxylic acids is 1. The van der Waals surface area contributed by atoms with Crippen molar-refractivity contribution >= 4 is 16.4 Å². The Kier molecular flexibility index (Phi) is 26.8. The molecule has 0 aromatic heterocycles. The van der Waals surface area contributed by atoms with Crippen molar-refractivity contribution in [1.82, 2.24) is 5.32 Å². The van der Waals surface area contributed by atoms with Gasteiger partial charge in [-0.25, -0.2) is 0 Å². The Balaban J connectivity index is -0.000000348. The van der Waals surface area contributed by atoms with E-state index in [1.54, 1.807) is 7.05 Å². The van der Waals surface area contributed by atoms with E-state index >= 15 is 0 Å². The molecule has 7 heteroatoms. The molecule has 0 aromatic carbocycles. The zero-order valence-corrected chi connectivity index (χ0v) is 17.4. The summed E-state index contributed by atoms with van der Waals surface area (Å²) >= 11 is 0. The average Bonchev–Trinajstić information content (AvgIpc) is 2.43. The number of rotatable bonds is 13. The molecule has 0 aliphatic rings. The van der Waals surface area contributed by atoms with Gasteiger partial charge < -0.3 is 10.1 Å². The van der Waals surface area contributed by atoms with Crippen LogP contribution in [-0.2, 0) is 14.9 Å². The van der Waals surface area contributed by atoms with Crippen molar-refractivity contribution < 1.29 is 47.3 Å². The van der Waals surface area contributed by atoms with Crippen molar-refractivity contribution in [3.8, 4) is 0 Å². The quantitative estimate of drug-likeness (QED) is 0.214. The third-order valence-electron chi connectivity index (χ3n) is 2.99. The third kappa shape index (κ3) is 32.5. The van der Waals surface area contributed by atoms with E-state index in [0.717, 1.165) is 6.42 Å². The fraction of sp³-hybridized carbons (Fsp3) is 0.933. The second-order valence-electron chi connectivity index (χ2n) is 5.11. The molecule has 22 heavy (non-hydrogen) atoms. The van der Waals surface area contributed by atoms with Crippen LogP contribution in [0.25, 0.3) is 0 Å². The minimum Gasteiger partial charge on any atom is -0.542 e. The van der Waals surface area contributed by atoms with Gasteiger partial charge in [0.25, 0.3) is 10.1 Å². The SMILES string of the molecule is CCCCCCCCCCC[C-]=O.CNCCS(=O)(=O)O.[Na+]. The van der Waals surface area contributed by atoms with Crippen molar-refractivity contribution in [3.05, 3.63) is 0 Å². The molecule has 0 aromatic rings. The van der Waals surface area contributed by atoms with Crippen molar-refractivity contribution in [1.29, 1.82) is 0 Å². The van der Waals surface area contributed by atoms with E-state index in [9.17, 15) is 13.2 Å². The van der Waals surface area contributed by atoms with Crippen molar-refractivity contribution in [2.24, 2.45) is 0 Å². The number of nitrogens with one attached hydrogen (secondary N) is 1. The van der Waals surface area contributed by atoms with Crippen LogP contribution in [0.3, 0.4) is 0 Å². The number of unbranched alkanes of at least 4 members (excludes halogenated alkanes) is 9. The van der Waals surface area contributed by atoms with Crippen LogP contribution in [0, 0.1) is 0 Å². The molecule has 0 atom stereocenters. The van der Waals surface area contributed by atoms with Gasteiger partial charge in [0.2, 0.25) is 0 Å². The van der Waals surface area contributed by atoms with E-state index in [4.69, 9.17) is 4.55 Å². The van der Waals surface area contributed by atoms with E-state index in [0.29, 0.717) is 13.0 Å². The van der Waals surface area contributed by atoms with Gasteiger partial charge in [0, 0.05) is 6.54 Å². The Bertz CT molecular complexity index is 311. The summed E-state index contributed by atoms with van der Waals surface area (Å²) in [5.41, 5.74) is 0. The second-order valence-corrected chi connectivity index (χ2v) is 6.68. The largest absolute Gasteiger partial charge is 1.00 e. The van der Waals surface area contributed by atoms with Crippen LogP contribution in [0.5, 0.6) is 0 Å². The fourth-order valence-corrected chi connectivity index (χ4v) is 2.20. The maximum atomic E-state index is 9.91. The first-order valence-electron chi connectivity index (χ1n) is 7.92. The van der Waals surface area contributed by atoms with Gasteiger partial charge in [-0.2, -0.15) is 14.8 Å². The van der Waals surface area contributed by atoms with Gasteiger partial charge in [-0.05, 0) is 7.05 Å². The van der Waals surface area contributed by atoms with Gasteiger partial charge in [0.05, 0.1) is 5.75 Å². The molecule has 0 amide bonds. The molecule has 0 fully saturated rings. The van der Waals surface area contributed by atoms with Crippen molar-refractivity contribution in [3.63, 3.8) is 0 Å². The van der Waals surface area contributed by atoms with Gasteiger partial charge in [-0.1, -0.05) is 64.7 Å². The molecule has 0 unspecified atom stereocenters. The zero-order chi connectivity index (χ0) is 16.4. The molecule has 2 N–H and O–H groups in total. The summed E-state index contributed by atoms with van der Waals surface area (Å²) in [7, 11) is -2.13. The molecule has 0 rings (SSSR count). The molecule has 0 heterocycles. The van der Waals surface area contributed by atoms with Gasteiger partial charge in [0.15, 0.2) is 0 Å². The van der Waals surface area contributed by atoms with E-state index in [1.165, 1.54) is 51.4 Å². The Labute approximate surface area is 159 Å². The standard InChI is InChI=1S/C12H23O.C3H9NO3S.Na/c1-2-3-4-5-6-7-8-9-10-11-12-13;1-4-2-3-8(5,6)7;/h2-11H2,1H3;4H,2-3H2,1H3,(H,5,6,7);/q-1;;+1. The molecule has 0 radical (unpaired) electrons. The predicted molar refractivity (Wildman–Crippen MR) is 87.9 cm³/mol. The summed E-state index contributed by atoms with van der Waals surface area (Å²) in [4.78, 5) is 9.89. The summed E-state index contributed by atoms with van der Waals surface area (Å²) in [6, 6.07) is 0. The topological polar surface area (TPSA) is 83.5 Å². The monoisotopic (exact) mass is 345 g/mol. The molecule has 0 aliphatic heterocycles. The Morgan fingerprint density at radius 2 is 1.41 bits per heavy atom. The van der Waals surface area contributed by atoms with Crippen molar-refractivity contribution in [2.75, 3.05) is 19.3 Å². The summed E-state index contributed by atoms with van der Waals surface area (Å²) in [6.45, 7) is 2.54. The van der Waals surface area contributed by atoms with Crippen LogP contribution in [-0.4, -0.2) is 38.6 Å². The number of hydrogen-bond donors (Lipinski definition) is 2. The fourth-order valence-electron chi connectivity index (χ4n) is 1.74. The Morgan fingerprint density at radius 1 is 0.955 bits per heavy atom. The maximum absolute atomic E-state index is 9.91. The molecule has 5 nitrogen and oxygen atoms in total. The summed E-state index contributed by atoms with van der Waals surface area (Å²) < 4.78 is 27.9. The average molecular weight is 345 g/mol. The summed E-state index contributed by atoms with van der Waals surface area (Å²) in [6.07, 6.45) is 14.4. The maximum Gasteiger partial charge on any atom is 1.00 e. The van der Waals surface area contributed by atoms with Crippen LogP contribution < -0.4 is 34.9 Å². The van der Waals surface area contributed by atoms with Crippen LogP contribution in [0.2, 0.25) is 0 Å². The minimum absolute atomic E-state index is 0. The Morgan fingerprint density at radius 3 is 1.73 bits per heavy atom. The number of hydrogen-bond acceptors (Lipinski definition) is 4. The minimum atomic E-state index is -3.75. The molecule has 0 bridgehead atoms. The molecule has 0 saturated heterocycles. The van der Waals surface area contributed by atoms with E-state index in [-0.39, 0.29) is 35.3 Å². The predicted octanol–water partition coefficient (Wildman–Crippen LogP) is 0.115. The first-order valence-corrected chi connectivity index (χ1v) is 9.53. The smallest absolute Gasteiger partial charge is 0.542 e. The zero-order valence-electron chi connectivity index (χ0n) is 14.6. The molecular formula is C15H32NNaO4S. The second kappa shape index (κ2) is 21.5.